The van der Waals surface area contributed by atoms with Crippen LogP contribution in [0.1, 0.15) is 11.3 Å². The summed E-state index contributed by atoms with van der Waals surface area (Å²) in [6.07, 6.45) is 2.47. The van der Waals surface area contributed by atoms with Crippen LogP contribution in [0, 0.1) is 6.92 Å². The summed E-state index contributed by atoms with van der Waals surface area (Å²) in [7, 11) is 0. The van der Waals surface area contributed by atoms with Crippen molar-refractivity contribution in [2.24, 2.45) is 0 Å². The first-order valence-electron chi connectivity index (χ1n) is 5.44. The molecule has 0 fully saturated rings. The fourth-order valence-electron chi connectivity index (χ4n) is 1.69. The molecule has 2 rings (SSSR count). The number of aliphatic carboxylic acids is 1. The Balaban J connectivity index is 2.43. The average molecular weight is 386 g/mol. The molecule has 0 saturated heterocycles. The second-order valence-corrected chi connectivity index (χ2v) is 5.73. The molecule has 1 heterocycles. The lowest BCUT2D eigenvalue weighted by Crippen LogP contribution is -1.84. The van der Waals surface area contributed by atoms with Crippen LogP contribution in [-0.4, -0.2) is 11.1 Å². The Kier molecular flexibility index (Phi) is 4.27. The number of furan rings is 1. The van der Waals surface area contributed by atoms with Crippen molar-refractivity contribution in [3.05, 3.63) is 50.6 Å². The number of hydrogen-bond donors (Lipinski definition) is 1. The minimum absolute atomic E-state index is 0.492. The van der Waals surface area contributed by atoms with E-state index in [1.807, 2.05) is 25.1 Å². The summed E-state index contributed by atoms with van der Waals surface area (Å²) in [5.74, 6) is 0.176. The van der Waals surface area contributed by atoms with E-state index >= 15 is 0 Å². The highest BCUT2D eigenvalue weighted by Gasteiger charge is 2.12. The van der Waals surface area contributed by atoms with Gasteiger partial charge in [-0.3, -0.25) is 0 Å². The Morgan fingerprint density at radius 1 is 1.32 bits per heavy atom. The van der Waals surface area contributed by atoms with E-state index in [4.69, 9.17) is 9.52 Å². The van der Waals surface area contributed by atoms with Crippen molar-refractivity contribution in [1.29, 1.82) is 0 Å². The van der Waals surface area contributed by atoms with Crippen molar-refractivity contribution >= 4 is 43.9 Å². The van der Waals surface area contributed by atoms with Gasteiger partial charge < -0.3 is 9.52 Å². The van der Waals surface area contributed by atoms with Crippen LogP contribution in [0.15, 0.2) is 43.7 Å². The molecular weight excluding hydrogens is 376 g/mol. The van der Waals surface area contributed by atoms with Gasteiger partial charge in [0.05, 0.1) is 4.47 Å². The molecule has 0 spiro atoms. The van der Waals surface area contributed by atoms with Gasteiger partial charge in [0.25, 0.3) is 0 Å². The van der Waals surface area contributed by atoms with Gasteiger partial charge in [0.1, 0.15) is 11.5 Å². The summed E-state index contributed by atoms with van der Waals surface area (Å²) in [6.45, 7) is 1.99. The van der Waals surface area contributed by atoms with E-state index < -0.39 is 5.97 Å². The fourth-order valence-corrected chi connectivity index (χ4v) is 2.68. The molecule has 19 heavy (non-hydrogen) atoms. The largest absolute Gasteiger partial charge is 0.478 e. The molecule has 0 radical (unpaired) electrons. The second kappa shape index (κ2) is 5.75. The normalized spacial score (nSPS) is 11.1. The lowest BCUT2D eigenvalue weighted by molar-refractivity contribution is -0.131. The van der Waals surface area contributed by atoms with Crippen molar-refractivity contribution in [3.63, 3.8) is 0 Å². The number of carboxylic acid groups (broad SMARTS) is 1. The van der Waals surface area contributed by atoms with Crippen molar-refractivity contribution in [3.8, 4) is 11.3 Å². The highest BCUT2D eigenvalue weighted by Crippen LogP contribution is 2.34. The van der Waals surface area contributed by atoms with Crippen LogP contribution in [0.25, 0.3) is 17.4 Å². The molecule has 1 N–H and O–H groups in total. The number of benzene rings is 1. The summed E-state index contributed by atoms with van der Waals surface area (Å²) in [6, 6.07) is 7.63. The number of rotatable bonds is 3. The third kappa shape index (κ3) is 3.36. The van der Waals surface area contributed by atoms with Gasteiger partial charge >= 0.3 is 5.97 Å². The molecule has 0 amide bonds. The quantitative estimate of drug-likeness (QED) is 0.766. The van der Waals surface area contributed by atoms with Crippen LogP contribution in [0.3, 0.4) is 0 Å². The van der Waals surface area contributed by atoms with E-state index in [0.29, 0.717) is 11.5 Å². The maximum atomic E-state index is 10.5. The van der Waals surface area contributed by atoms with E-state index in [9.17, 15) is 4.79 Å². The first kappa shape index (κ1) is 14.1. The van der Waals surface area contributed by atoms with Crippen molar-refractivity contribution in [2.75, 3.05) is 0 Å². The van der Waals surface area contributed by atoms with E-state index in [2.05, 4.69) is 31.9 Å². The lowest BCUT2D eigenvalue weighted by atomic mass is 10.1. The van der Waals surface area contributed by atoms with Gasteiger partial charge in [-0.15, -0.1) is 0 Å². The second-order valence-electron chi connectivity index (χ2n) is 3.96. The molecule has 0 aliphatic heterocycles. The molecule has 3 nitrogen and oxygen atoms in total. The molecule has 1 aromatic carbocycles. The minimum atomic E-state index is -1.01. The highest BCUT2D eigenvalue weighted by atomic mass is 79.9. The van der Waals surface area contributed by atoms with Crippen LogP contribution in [0.4, 0.5) is 0 Å². The highest BCUT2D eigenvalue weighted by molar-refractivity contribution is 9.10. The standard InChI is InChI=1S/C14H10Br2O3/c1-8-6-9(15)2-4-11(8)14-12(16)7-10(19-14)3-5-13(17)18/h2-7H,1H3,(H,17,18)/b5-3+. The zero-order chi connectivity index (χ0) is 14.0. The zero-order valence-electron chi connectivity index (χ0n) is 9.98. The van der Waals surface area contributed by atoms with Gasteiger partial charge in [0.15, 0.2) is 0 Å². The average Bonchev–Trinajstić information content (AvgIpc) is 2.68. The predicted octanol–water partition coefficient (Wildman–Crippen LogP) is 4.88. The number of carbonyl (C=O) groups is 1. The molecule has 1 aromatic heterocycles. The van der Waals surface area contributed by atoms with Gasteiger partial charge in [-0.1, -0.05) is 15.9 Å². The SMILES string of the molecule is Cc1cc(Br)ccc1-c1oc(/C=C/C(=O)O)cc1Br. The third-order valence-corrected chi connectivity index (χ3v) is 3.61. The summed E-state index contributed by atoms with van der Waals surface area (Å²) < 4.78 is 7.46. The Hall–Kier alpha value is -1.33. The fraction of sp³-hybridized carbons (Fsp3) is 0.0714. The molecule has 0 bridgehead atoms. The number of halogens is 2. The van der Waals surface area contributed by atoms with Gasteiger partial charge in [-0.25, -0.2) is 4.79 Å². The molecule has 0 atom stereocenters. The van der Waals surface area contributed by atoms with Gasteiger partial charge in [0, 0.05) is 16.1 Å². The van der Waals surface area contributed by atoms with Crippen LogP contribution in [-0.2, 0) is 4.79 Å². The first-order chi connectivity index (χ1) is 8.97. The van der Waals surface area contributed by atoms with E-state index in [1.165, 1.54) is 6.08 Å². The predicted molar refractivity (Wildman–Crippen MR) is 81.0 cm³/mol. The summed E-state index contributed by atoms with van der Waals surface area (Å²) in [5, 5.41) is 8.60. The Morgan fingerprint density at radius 2 is 2.05 bits per heavy atom. The summed E-state index contributed by atoms with van der Waals surface area (Å²) >= 11 is 6.84. The lowest BCUT2D eigenvalue weighted by Gasteiger charge is -2.03. The van der Waals surface area contributed by atoms with Gasteiger partial charge in [0.2, 0.25) is 0 Å². The van der Waals surface area contributed by atoms with Crippen molar-refractivity contribution in [1.82, 2.24) is 0 Å². The van der Waals surface area contributed by atoms with Crippen LogP contribution >= 0.6 is 31.9 Å². The van der Waals surface area contributed by atoms with E-state index in [-0.39, 0.29) is 0 Å². The van der Waals surface area contributed by atoms with Crippen LogP contribution in [0.2, 0.25) is 0 Å². The summed E-state index contributed by atoms with van der Waals surface area (Å²) in [4.78, 5) is 10.5. The van der Waals surface area contributed by atoms with Crippen molar-refractivity contribution in [2.45, 2.75) is 6.92 Å². The molecule has 98 valence electrons. The topological polar surface area (TPSA) is 50.4 Å². The summed E-state index contributed by atoms with van der Waals surface area (Å²) in [5.41, 5.74) is 2.03. The van der Waals surface area contributed by atoms with Crippen LogP contribution in [0.5, 0.6) is 0 Å². The van der Waals surface area contributed by atoms with E-state index in [1.54, 1.807) is 6.07 Å². The molecular formula is C14H10Br2O3. The monoisotopic (exact) mass is 384 g/mol. The molecule has 2 aromatic rings. The molecule has 5 heteroatoms. The number of aryl methyl sites for hydroxylation is 1. The molecule has 0 aliphatic rings. The van der Waals surface area contributed by atoms with Gasteiger partial charge in [-0.05, 0) is 58.8 Å². The molecule has 0 saturated carbocycles. The van der Waals surface area contributed by atoms with Crippen molar-refractivity contribution < 1.29 is 14.3 Å². The maximum absolute atomic E-state index is 10.5. The Bertz CT molecular complexity index is 657. The maximum Gasteiger partial charge on any atom is 0.328 e. The number of carboxylic acids is 1. The molecule has 0 aliphatic carbocycles. The Labute approximate surface area is 127 Å². The smallest absolute Gasteiger partial charge is 0.328 e. The molecule has 0 unspecified atom stereocenters. The van der Waals surface area contributed by atoms with Gasteiger partial charge in [-0.2, -0.15) is 0 Å². The number of hydrogen-bond acceptors (Lipinski definition) is 2. The minimum Gasteiger partial charge on any atom is -0.478 e. The van der Waals surface area contributed by atoms with Crippen LogP contribution < -0.4 is 0 Å². The third-order valence-electron chi connectivity index (χ3n) is 2.53. The Morgan fingerprint density at radius 3 is 2.68 bits per heavy atom. The van der Waals surface area contributed by atoms with E-state index in [0.717, 1.165) is 26.1 Å². The first-order valence-corrected chi connectivity index (χ1v) is 7.03. The zero-order valence-corrected chi connectivity index (χ0v) is 13.2.